The van der Waals surface area contributed by atoms with Crippen LogP contribution in [0, 0.1) is 6.92 Å². The maximum absolute atomic E-state index is 11.0. The second kappa shape index (κ2) is 4.82. The molecule has 7 nitrogen and oxygen atoms in total. The molecule has 0 radical (unpaired) electrons. The summed E-state index contributed by atoms with van der Waals surface area (Å²) in [6.07, 6.45) is 1.58. The van der Waals surface area contributed by atoms with Crippen molar-refractivity contribution in [2.24, 2.45) is 7.05 Å². The van der Waals surface area contributed by atoms with Gasteiger partial charge in [-0.3, -0.25) is 0 Å². The van der Waals surface area contributed by atoms with Gasteiger partial charge in [0.1, 0.15) is 17.7 Å². The van der Waals surface area contributed by atoms with Crippen LogP contribution in [0.3, 0.4) is 0 Å². The molecule has 0 amide bonds. The number of nitrogens with one attached hydrogen (secondary N) is 1. The lowest BCUT2D eigenvalue weighted by Crippen LogP contribution is -2.11. The molecule has 0 saturated heterocycles. The number of anilines is 1. The monoisotopic (exact) mass is 247 g/mol. The number of rotatable bonds is 4. The van der Waals surface area contributed by atoms with Gasteiger partial charge < -0.3 is 15.0 Å². The van der Waals surface area contributed by atoms with E-state index in [2.05, 4.69) is 20.5 Å². The Kier molecular flexibility index (Phi) is 3.22. The first-order valence-electron chi connectivity index (χ1n) is 5.35. The summed E-state index contributed by atoms with van der Waals surface area (Å²) in [5, 5.41) is 19.7. The topological polar surface area (TPSA) is 92.9 Å². The number of aromatic nitrogens is 4. The predicted molar refractivity (Wildman–Crippen MR) is 64.3 cm³/mol. The Hall–Kier alpha value is -2.44. The van der Waals surface area contributed by atoms with Crippen LogP contribution in [0.4, 0.5) is 5.82 Å². The van der Waals surface area contributed by atoms with Crippen LogP contribution in [0.25, 0.3) is 0 Å². The van der Waals surface area contributed by atoms with Crippen LogP contribution in [-0.4, -0.2) is 30.8 Å². The van der Waals surface area contributed by atoms with Crippen molar-refractivity contribution in [3.8, 4) is 0 Å². The molecular weight excluding hydrogens is 234 g/mol. The van der Waals surface area contributed by atoms with Gasteiger partial charge in [-0.2, -0.15) is 0 Å². The first-order chi connectivity index (χ1) is 8.58. The minimum absolute atomic E-state index is 0.141. The number of nitrogens with zero attached hydrogens (tertiary/aromatic N) is 4. The molecular formula is C11H13N5O2. The van der Waals surface area contributed by atoms with Gasteiger partial charge in [0.05, 0.1) is 6.54 Å². The van der Waals surface area contributed by atoms with Crippen LogP contribution in [0.5, 0.6) is 0 Å². The van der Waals surface area contributed by atoms with E-state index in [-0.39, 0.29) is 5.56 Å². The SMILES string of the molecule is Cc1ccc(C(=O)O)c(NCc2nncn2C)n1. The number of carbonyl (C=O) groups is 1. The second-order valence-corrected chi connectivity index (χ2v) is 3.87. The molecule has 18 heavy (non-hydrogen) atoms. The molecule has 2 aromatic rings. The lowest BCUT2D eigenvalue weighted by Gasteiger charge is -2.08. The first-order valence-corrected chi connectivity index (χ1v) is 5.35. The Bertz CT molecular complexity index is 579. The van der Waals surface area contributed by atoms with Crippen molar-refractivity contribution in [1.82, 2.24) is 19.7 Å². The van der Waals surface area contributed by atoms with Crippen molar-refractivity contribution < 1.29 is 9.90 Å². The van der Waals surface area contributed by atoms with Crippen LogP contribution in [-0.2, 0) is 13.6 Å². The third-order valence-electron chi connectivity index (χ3n) is 2.48. The molecule has 94 valence electrons. The normalized spacial score (nSPS) is 10.3. The molecule has 2 rings (SSSR count). The summed E-state index contributed by atoms with van der Waals surface area (Å²) in [6.45, 7) is 2.17. The Morgan fingerprint density at radius 1 is 1.50 bits per heavy atom. The zero-order chi connectivity index (χ0) is 13.1. The van der Waals surface area contributed by atoms with Crippen LogP contribution in [0.15, 0.2) is 18.5 Å². The van der Waals surface area contributed by atoms with E-state index >= 15 is 0 Å². The average Bonchev–Trinajstić information content (AvgIpc) is 2.72. The van der Waals surface area contributed by atoms with Gasteiger partial charge in [0.15, 0.2) is 5.82 Å². The highest BCUT2D eigenvalue weighted by Crippen LogP contribution is 2.14. The third-order valence-corrected chi connectivity index (χ3v) is 2.48. The fourth-order valence-electron chi connectivity index (χ4n) is 1.49. The van der Waals surface area contributed by atoms with E-state index in [0.29, 0.717) is 18.2 Å². The van der Waals surface area contributed by atoms with Gasteiger partial charge in [-0.05, 0) is 19.1 Å². The second-order valence-electron chi connectivity index (χ2n) is 3.87. The summed E-state index contributed by atoms with van der Waals surface area (Å²) >= 11 is 0. The average molecular weight is 247 g/mol. The number of pyridine rings is 1. The minimum atomic E-state index is -1.01. The van der Waals surface area contributed by atoms with Crippen molar-refractivity contribution in [3.05, 3.63) is 35.5 Å². The molecule has 0 unspecified atom stereocenters. The van der Waals surface area contributed by atoms with Gasteiger partial charge in [0.2, 0.25) is 0 Å². The van der Waals surface area contributed by atoms with E-state index in [1.54, 1.807) is 23.9 Å². The molecule has 0 spiro atoms. The van der Waals surface area contributed by atoms with Crippen molar-refractivity contribution >= 4 is 11.8 Å². The quantitative estimate of drug-likeness (QED) is 0.831. The summed E-state index contributed by atoms with van der Waals surface area (Å²) < 4.78 is 1.75. The van der Waals surface area contributed by atoms with E-state index in [1.807, 2.05) is 7.05 Å². The highest BCUT2D eigenvalue weighted by Gasteiger charge is 2.12. The van der Waals surface area contributed by atoms with Gasteiger partial charge in [0.25, 0.3) is 0 Å². The predicted octanol–water partition coefficient (Wildman–Crippen LogP) is 0.829. The number of aromatic carboxylic acids is 1. The summed E-state index contributed by atoms with van der Waals surface area (Å²) in [7, 11) is 1.82. The summed E-state index contributed by atoms with van der Waals surface area (Å²) in [6, 6.07) is 3.20. The number of carboxylic acid groups (broad SMARTS) is 1. The van der Waals surface area contributed by atoms with Gasteiger partial charge in [-0.25, -0.2) is 9.78 Å². The highest BCUT2D eigenvalue weighted by molar-refractivity contribution is 5.93. The molecule has 0 aromatic carbocycles. The molecule has 0 aliphatic heterocycles. The molecule has 0 saturated carbocycles. The Balaban J connectivity index is 2.20. The standard InChI is InChI=1S/C11H13N5O2/c1-7-3-4-8(11(17)18)10(14-7)12-5-9-15-13-6-16(9)2/h3-4,6H,5H2,1-2H3,(H,12,14)(H,17,18). The van der Waals surface area contributed by atoms with Crippen molar-refractivity contribution in [3.63, 3.8) is 0 Å². The number of carboxylic acids is 1. The van der Waals surface area contributed by atoms with Gasteiger partial charge >= 0.3 is 5.97 Å². The lowest BCUT2D eigenvalue weighted by atomic mass is 10.2. The number of aryl methyl sites for hydroxylation is 2. The van der Waals surface area contributed by atoms with Crippen LogP contribution in [0.1, 0.15) is 21.9 Å². The van der Waals surface area contributed by atoms with E-state index in [9.17, 15) is 4.79 Å². The molecule has 2 heterocycles. The molecule has 0 aliphatic carbocycles. The third kappa shape index (κ3) is 2.45. The van der Waals surface area contributed by atoms with Crippen molar-refractivity contribution in [2.45, 2.75) is 13.5 Å². The highest BCUT2D eigenvalue weighted by atomic mass is 16.4. The van der Waals surface area contributed by atoms with E-state index in [1.165, 1.54) is 6.07 Å². The Morgan fingerprint density at radius 2 is 2.28 bits per heavy atom. The van der Waals surface area contributed by atoms with E-state index < -0.39 is 5.97 Å². The van der Waals surface area contributed by atoms with Crippen LogP contribution in [0.2, 0.25) is 0 Å². The molecule has 0 atom stereocenters. The molecule has 0 fully saturated rings. The maximum Gasteiger partial charge on any atom is 0.339 e. The number of hydrogen-bond donors (Lipinski definition) is 2. The van der Waals surface area contributed by atoms with E-state index in [0.717, 1.165) is 5.69 Å². The molecule has 0 aliphatic rings. The summed E-state index contributed by atoms with van der Waals surface area (Å²) in [5.74, 6) is 0.0307. The fourth-order valence-corrected chi connectivity index (χ4v) is 1.49. The fraction of sp³-hybridized carbons (Fsp3) is 0.273. The molecule has 7 heteroatoms. The van der Waals surface area contributed by atoms with Gasteiger partial charge in [-0.15, -0.1) is 10.2 Å². The maximum atomic E-state index is 11.0. The number of hydrogen-bond acceptors (Lipinski definition) is 5. The smallest absolute Gasteiger partial charge is 0.339 e. The van der Waals surface area contributed by atoms with Gasteiger partial charge in [0, 0.05) is 12.7 Å². The summed E-state index contributed by atoms with van der Waals surface area (Å²) in [5.41, 5.74) is 0.892. The van der Waals surface area contributed by atoms with E-state index in [4.69, 9.17) is 5.11 Å². The largest absolute Gasteiger partial charge is 0.478 e. The van der Waals surface area contributed by atoms with Crippen molar-refractivity contribution in [2.75, 3.05) is 5.32 Å². The van der Waals surface area contributed by atoms with Crippen molar-refractivity contribution in [1.29, 1.82) is 0 Å². The minimum Gasteiger partial charge on any atom is -0.478 e. The zero-order valence-electron chi connectivity index (χ0n) is 10.1. The lowest BCUT2D eigenvalue weighted by molar-refractivity contribution is 0.0697. The summed E-state index contributed by atoms with van der Waals surface area (Å²) in [4.78, 5) is 15.2. The zero-order valence-corrected chi connectivity index (χ0v) is 10.1. The Labute approximate surface area is 104 Å². The van der Waals surface area contributed by atoms with Gasteiger partial charge in [-0.1, -0.05) is 0 Å². The Morgan fingerprint density at radius 3 is 2.89 bits per heavy atom. The first kappa shape index (κ1) is 12.0. The molecule has 2 aromatic heterocycles. The van der Waals surface area contributed by atoms with Crippen LogP contribution >= 0.6 is 0 Å². The molecule has 2 N–H and O–H groups in total. The van der Waals surface area contributed by atoms with Crippen LogP contribution < -0.4 is 5.32 Å². The molecule has 0 bridgehead atoms.